The largest absolute Gasteiger partial charge is 0.345 e. The highest BCUT2D eigenvalue weighted by Gasteiger charge is 1.96. The van der Waals surface area contributed by atoms with Crippen LogP contribution >= 0.6 is 0 Å². The molecule has 2 rings (SSSR count). The Kier molecular flexibility index (Phi) is 2.27. The van der Waals surface area contributed by atoms with Gasteiger partial charge in [-0.25, -0.2) is 4.98 Å². The maximum absolute atomic E-state index is 4.16. The number of benzene rings is 1. The molecule has 1 heterocycles. The molecular formula is C10H13N3. The molecule has 0 bridgehead atoms. The number of aromatic amines is 1. The molecule has 2 aromatic rings. The van der Waals surface area contributed by atoms with E-state index in [1.807, 2.05) is 6.07 Å². The molecule has 0 aliphatic carbocycles. The van der Waals surface area contributed by atoms with Crippen LogP contribution in [0, 0.1) is 0 Å². The molecular weight excluding hydrogens is 162 g/mol. The second kappa shape index (κ2) is 3.58. The van der Waals surface area contributed by atoms with E-state index >= 15 is 0 Å². The van der Waals surface area contributed by atoms with Crippen LogP contribution in [0.4, 0.5) is 0 Å². The Labute approximate surface area is 77.2 Å². The average molecular weight is 175 g/mol. The van der Waals surface area contributed by atoms with E-state index < -0.39 is 0 Å². The van der Waals surface area contributed by atoms with Crippen molar-refractivity contribution in [2.24, 2.45) is 0 Å². The number of H-pyrrole nitrogens is 1. The van der Waals surface area contributed by atoms with Gasteiger partial charge in [0.15, 0.2) is 0 Å². The van der Waals surface area contributed by atoms with E-state index in [-0.39, 0.29) is 0 Å². The first-order valence-corrected chi connectivity index (χ1v) is 4.53. The minimum absolute atomic E-state index is 0.922. The number of nitrogens with one attached hydrogen (secondary N) is 2. The molecule has 0 radical (unpaired) electrons. The fraction of sp³-hybridized carbons (Fsp3) is 0.300. The molecule has 3 heteroatoms. The van der Waals surface area contributed by atoms with Gasteiger partial charge in [-0.05, 0) is 24.2 Å². The Morgan fingerprint density at radius 3 is 3.23 bits per heavy atom. The van der Waals surface area contributed by atoms with Gasteiger partial charge in [0, 0.05) is 6.54 Å². The predicted octanol–water partition coefficient (Wildman–Crippen LogP) is 1.67. The number of hydrogen-bond donors (Lipinski definition) is 2. The van der Waals surface area contributed by atoms with Crippen LogP contribution in [0.25, 0.3) is 11.0 Å². The topological polar surface area (TPSA) is 40.7 Å². The van der Waals surface area contributed by atoms with Crippen molar-refractivity contribution >= 4 is 11.0 Å². The van der Waals surface area contributed by atoms with Gasteiger partial charge in [-0.3, -0.25) is 0 Å². The first kappa shape index (κ1) is 8.26. The molecule has 0 spiro atoms. The monoisotopic (exact) mass is 175 g/mol. The second-order valence-corrected chi connectivity index (χ2v) is 3.03. The average Bonchev–Trinajstić information content (AvgIpc) is 2.61. The maximum atomic E-state index is 4.16. The molecule has 0 saturated carbocycles. The summed E-state index contributed by atoms with van der Waals surface area (Å²) in [7, 11) is 0. The standard InChI is InChI=1S/C10H13N3/c1-2-11-6-8-3-4-9-10(5-8)13-7-12-9/h3-5,7,11H,2,6H2,1H3,(H,12,13). The van der Waals surface area contributed by atoms with Crippen molar-refractivity contribution in [3.63, 3.8) is 0 Å². The Morgan fingerprint density at radius 1 is 1.46 bits per heavy atom. The quantitative estimate of drug-likeness (QED) is 0.745. The molecule has 1 aromatic heterocycles. The van der Waals surface area contributed by atoms with E-state index in [1.165, 1.54) is 5.56 Å². The van der Waals surface area contributed by atoms with Gasteiger partial charge in [-0.1, -0.05) is 13.0 Å². The number of aromatic nitrogens is 2. The summed E-state index contributed by atoms with van der Waals surface area (Å²) in [4.78, 5) is 7.26. The van der Waals surface area contributed by atoms with Crippen LogP contribution in [0.3, 0.4) is 0 Å². The normalized spacial score (nSPS) is 10.8. The van der Waals surface area contributed by atoms with Crippen LogP contribution in [-0.4, -0.2) is 16.5 Å². The maximum Gasteiger partial charge on any atom is 0.0931 e. The van der Waals surface area contributed by atoms with Crippen molar-refractivity contribution in [3.8, 4) is 0 Å². The van der Waals surface area contributed by atoms with Crippen molar-refractivity contribution < 1.29 is 0 Å². The summed E-state index contributed by atoms with van der Waals surface area (Å²) in [6, 6.07) is 6.27. The predicted molar refractivity (Wildman–Crippen MR) is 53.5 cm³/mol. The second-order valence-electron chi connectivity index (χ2n) is 3.03. The van der Waals surface area contributed by atoms with Crippen LogP contribution in [-0.2, 0) is 6.54 Å². The highest BCUT2D eigenvalue weighted by atomic mass is 14.9. The molecule has 13 heavy (non-hydrogen) atoms. The lowest BCUT2D eigenvalue weighted by molar-refractivity contribution is 0.727. The number of fused-ring (bicyclic) bond motifs is 1. The smallest absolute Gasteiger partial charge is 0.0931 e. The SMILES string of the molecule is CCNCc1ccc2nc[nH]c2c1. The minimum atomic E-state index is 0.922. The summed E-state index contributed by atoms with van der Waals surface area (Å²) in [5, 5.41) is 3.29. The molecule has 0 saturated heterocycles. The molecule has 0 aliphatic heterocycles. The Hall–Kier alpha value is -1.35. The summed E-state index contributed by atoms with van der Waals surface area (Å²) < 4.78 is 0. The summed E-state index contributed by atoms with van der Waals surface area (Å²) in [5.41, 5.74) is 3.43. The first-order valence-electron chi connectivity index (χ1n) is 4.53. The molecule has 3 nitrogen and oxygen atoms in total. The van der Waals surface area contributed by atoms with Crippen molar-refractivity contribution in [1.82, 2.24) is 15.3 Å². The number of rotatable bonds is 3. The third kappa shape index (κ3) is 1.70. The van der Waals surface area contributed by atoms with E-state index in [1.54, 1.807) is 6.33 Å². The zero-order valence-electron chi connectivity index (χ0n) is 7.67. The van der Waals surface area contributed by atoms with Gasteiger partial charge in [0.25, 0.3) is 0 Å². The lowest BCUT2D eigenvalue weighted by Gasteiger charge is -2.00. The summed E-state index contributed by atoms with van der Waals surface area (Å²) in [6.07, 6.45) is 1.72. The summed E-state index contributed by atoms with van der Waals surface area (Å²) in [6.45, 7) is 4.03. The zero-order chi connectivity index (χ0) is 9.10. The number of nitrogens with zero attached hydrogens (tertiary/aromatic N) is 1. The molecule has 2 N–H and O–H groups in total. The lowest BCUT2D eigenvalue weighted by Crippen LogP contribution is -2.11. The summed E-state index contributed by atoms with van der Waals surface area (Å²) >= 11 is 0. The van der Waals surface area contributed by atoms with Gasteiger partial charge in [0.2, 0.25) is 0 Å². The number of hydrogen-bond acceptors (Lipinski definition) is 2. The van der Waals surface area contributed by atoms with Gasteiger partial charge >= 0.3 is 0 Å². The molecule has 0 atom stereocenters. The molecule has 0 fully saturated rings. The molecule has 0 aliphatic rings. The van der Waals surface area contributed by atoms with Gasteiger partial charge in [0.1, 0.15) is 0 Å². The fourth-order valence-corrected chi connectivity index (χ4v) is 1.36. The van der Waals surface area contributed by atoms with Gasteiger partial charge in [-0.2, -0.15) is 0 Å². The minimum Gasteiger partial charge on any atom is -0.345 e. The van der Waals surface area contributed by atoms with E-state index in [0.29, 0.717) is 0 Å². The summed E-state index contributed by atoms with van der Waals surface area (Å²) in [5.74, 6) is 0. The highest BCUT2D eigenvalue weighted by Crippen LogP contribution is 2.10. The fourth-order valence-electron chi connectivity index (χ4n) is 1.36. The Morgan fingerprint density at radius 2 is 2.38 bits per heavy atom. The van der Waals surface area contributed by atoms with E-state index in [9.17, 15) is 0 Å². The van der Waals surface area contributed by atoms with E-state index in [4.69, 9.17) is 0 Å². The van der Waals surface area contributed by atoms with Crippen LogP contribution < -0.4 is 5.32 Å². The van der Waals surface area contributed by atoms with Crippen molar-refractivity contribution in [2.45, 2.75) is 13.5 Å². The van der Waals surface area contributed by atoms with Crippen molar-refractivity contribution in [2.75, 3.05) is 6.54 Å². The molecule has 1 aromatic carbocycles. The molecule has 68 valence electrons. The first-order chi connectivity index (χ1) is 6.40. The van der Waals surface area contributed by atoms with Gasteiger partial charge in [-0.15, -0.1) is 0 Å². The van der Waals surface area contributed by atoms with Crippen LogP contribution in [0.15, 0.2) is 24.5 Å². The van der Waals surface area contributed by atoms with Crippen LogP contribution in [0.2, 0.25) is 0 Å². The van der Waals surface area contributed by atoms with Gasteiger partial charge in [0.05, 0.1) is 17.4 Å². The van der Waals surface area contributed by atoms with Crippen LogP contribution in [0.1, 0.15) is 12.5 Å². The third-order valence-corrected chi connectivity index (χ3v) is 2.06. The lowest BCUT2D eigenvalue weighted by atomic mass is 10.2. The van der Waals surface area contributed by atoms with Crippen molar-refractivity contribution in [1.29, 1.82) is 0 Å². The third-order valence-electron chi connectivity index (χ3n) is 2.06. The molecule has 0 unspecified atom stereocenters. The van der Waals surface area contributed by atoms with Crippen LogP contribution in [0.5, 0.6) is 0 Å². The Balaban J connectivity index is 2.26. The zero-order valence-corrected chi connectivity index (χ0v) is 7.67. The van der Waals surface area contributed by atoms with E-state index in [0.717, 1.165) is 24.1 Å². The van der Waals surface area contributed by atoms with E-state index in [2.05, 4.69) is 34.3 Å². The van der Waals surface area contributed by atoms with Crippen molar-refractivity contribution in [3.05, 3.63) is 30.1 Å². The van der Waals surface area contributed by atoms with Gasteiger partial charge < -0.3 is 10.3 Å². The molecule has 0 amide bonds. The number of imidazole rings is 1. The Bertz CT molecular complexity index is 392. The highest BCUT2D eigenvalue weighted by molar-refractivity contribution is 5.74.